The molecule has 0 N–H and O–H groups in total. The zero-order valence-corrected chi connectivity index (χ0v) is 22.5. The third kappa shape index (κ3) is 8.27. The number of benzene rings is 1. The molecule has 3 amide bonds. The molecule has 0 radical (unpaired) electrons. The van der Waals surface area contributed by atoms with Crippen LogP contribution in [0.4, 0.5) is 4.79 Å². The molecule has 0 aromatic heterocycles. The summed E-state index contributed by atoms with van der Waals surface area (Å²) in [5, 5.41) is 0.566. The number of piperidine rings is 1. The summed E-state index contributed by atoms with van der Waals surface area (Å²) in [5.74, 6) is 0.469. The molecule has 1 aromatic carbocycles. The van der Waals surface area contributed by atoms with Crippen LogP contribution in [0.3, 0.4) is 0 Å². The summed E-state index contributed by atoms with van der Waals surface area (Å²) in [4.78, 5) is 43.6. The van der Waals surface area contributed by atoms with Crippen molar-refractivity contribution in [2.75, 3.05) is 59.6 Å². The second-order valence-electron chi connectivity index (χ2n) is 10.7. The number of nitrogens with zero attached hydrogens (tertiary/aromatic N) is 3. The Morgan fingerprint density at radius 1 is 1.11 bits per heavy atom. The van der Waals surface area contributed by atoms with Crippen molar-refractivity contribution in [1.29, 1.82) is 0 Å². The van der Waals surface area contributed by atoms with Gasteiger partial charge in [-0.1, -0.05) is 17.7 Å². The van der Waals surface area contributed by atoms with Gasteiger partial charge >= 0.3 is 6.09 Å². The third-order valence-electron chi connectivity index (χ3n) is 6.32. The van der Waals surface area contributed by atoms with Gasteiger partial charge in [0, 0.05) is 50.1 Å². The lowest BCUT2D eigenvalue weighted by atomic mass is 9.77. The molecule has 0 unspecified atom stereocenters. The smallest absolute Gasteiger partial charge is 0.410 e. The molecule has 0 saturated carbocycles. The zero-order valence-electron chi connectivity index (χ0n) is 21.8. The summed E-state index contributed by atoms with van der Waals surface area (Å²) in [6, 6.07) is 7.15. The van der Waals surface area contributed by atoms with E-state index >= 15 is 0 Å². The molecule has 0 spiro atoms. The van der Waals surface area contributed by atoms with Gasteiger partial charge in [0.1, 0.15) is 17.9 Å². The van der Waals surface area contributed by atoms with Gasteiger partial charge in [0.15, 0.2) is 0 Å². The molecule has 2 heterocycles. The number of halogens is 1. The number of hydrogen-bond acceptors (Lipinski definition) is 6. The van der Waals surface area contributed by atoms with E-state index in [1.165, 1.54) is 4.90 Å². The average Bonchev–Trinajstić information content (AvgIpc) is 2.82. The standard InChI is InChI=1S/C26H38ClN3O6/c1-25(2,3)36-24(33)28(4)17-23(32)30-10-6-9-26(18-30,16-22(31)29-11-13-34-14-12-29)19-35-21-8-5-7-20(27)15-21/h5,7-8,15H,6,9-14,16-19H2,1-4H3/t26-/m0/s1. The van der Waals surface area contributed by atoms with Crippen molar-refractivity contribution in [3.8, 4) is 5.75 Å². The lowest BCUT2D eigenvalue weighted by Crippen LogP contribution is -2.53. The first kappa shape index (κ1) is 28.1. The molecule has 200 valence electrons. The molecule has 2 aliphatic heterocycles. The second kappa shape index (κ2) is 12.1. The summed E-state index contributed by atoms with van der Waals surface area (Å²) in [6.45, 7) is 8.63. The number of rotatable bonds is 7. The summed E-state index contributed by atoms with van der Waals surface area (Å²) in [5.41, 5.74) is -1.21. The lowest BCUT2D eigenvalue weighted by Gasteiger charge is -2.43. The van der Waals surface area contributed by atoms with Crippen molar-refractivity contribution >= 4 is 29.5 Å². The van der Waals surface area contributed by atoms with Gasteiger partial charge in [0.05, 0.1) is 19.8 Å². The van der Waals surface area contributed by atoms with Gasteiger partial charge in [-0.15, -0.1) is 0 Å². The van der Waals surface area contributed by atoms with Crippen molar-refractivity contribution in [3.05, 3.63) is 29.3 Å². The Bertz CT molecular complexity index is 930. The molecule has 3 rings (SSSR count). The SMILES string of the molecule is CN(CC(=O)N1CCC[C@](COc2cccc(Cl)c2)(CC(=O)N2CCOCC2)C1)C(=O)OC(C)(C)C. The Labute approximate surface area is 218 Å². The molecule has 2 aliphatic rings. The van der Waals surface area contributed by atoms with Crippen LogP contribution in [0.2, 0.25) is 5.02 Å². The molecule has 2 fully saturated rings. The number of carbonyl (C=O) groups is 3. The fourth-order valence-corrected chi connectivity index (χ4v) is 4.66. The van der Waals surface area contributed by atoms with E-state index in [1.807, 2.05) is 17.0 Å². The quantitative estimate of drug-likeness (QED) is 0.544. The fraction of sp³-hybridized carbons (Fsp3) is 0.654. The van der Waals surface area contributed by atoms with Crippen LogP contribution in [0, 0.1) is 5.41 Å². The number of morpholine rings is 1. The summed E-state index contributed by atoms with van der Waals surface area (Å²) in [7, 11) is 1.55. The number of hydrogen-bond donors (Lipinski definition) is 0. The third-order valence-corrected chi connectivity index (χ3v) is 6.56. The summed E-state index contributed by atoms with van der Waals surface area (Å²) in [6.07, 6.45) is 1.19. The molecule has 10 heteroatoms. The van der Waals surface area contributed by atoms with Crippen LogP contribution in [0.25, 0.3) is 0 Å². The van der Waals surface area contributed by atoms with Gasteiger partial charge in [-0.2, -0.15) is 0 Å². The molecule has 2 saturated heterocycles. The molecular weight excluding hydrogens is 486 g/mol. The van der Waals surface area contributed by atoms with Gasteiger partial charge < -0.3 is 28.9 Å². The van der Waals surface area contributed by atoms with Gasteiger partial charge in [-0.05, 0) is 51.8 Å². The minimum Gasteiger partial charge on any atom is -0.493 e. The van der Waals surface area contributed by atoms with Crippen molar-refractivity contribution in [1.82, 2.24) is 14.7 Å². The monoisotopic (exact) mass is 523 g/mol. The highest BCUT2D eigenvalue weighted by Gasteiger charge is 2.41. The molecule has 1 aromatic rings. The molecule has 1 atom stereocenters. The van der Waals surface area contributed by atoms with E-state index in [1.54, 1.807) is 44.9 Å². The highest BCUT2D eigenvalue weighted by molar-refractivity contribution is 6.30. The average molecular weight is 524 g/mol. The van der Waals surface area contributed by atoms with Gasteiger partial charge in [-0.3, -0.25) is 9.59 Å². The Balaban J connectivity index is 1.71. The summed E-state index contributed by atoms with van der Waals surface area (Å²) < 4.78 is 16.9. The Morgan fingerprint density at radius 3 is 2.50 bits per heavy atom. The van der Waals surface area contributed by atoms with Gasteiger partial charge in [-0.25, -0.2) is 4.79 Å². The molecular formula is C26H38ClN3O6. The maximum atomic E-state index is 13.2. The predicted octanol–water partition coefficient (Wildman–Crippen LogP) is 3.44. The van der Waals surface area contributed by atoms with E-state index in [0.29, 0.717) is 50.2 Å². The normalized spacial score (nSPS) is 20.6. The molecule has 36 heavy (non-hydrogen) atoms. The fourth-order valence-electron chi connectivity index (χ4n) is 4.48. The van der Waals surface area contributed by atoms with E-state index in [4.69, 9.17) is 25.8 Å². The maximum Gasteiger partial charge on any atom is 0.410 e. The van der Waals surface area contributed by atoms with Crippen molar-refractivity contribution in [3.63, 3.8) is 0 Å². The zero-order chi connectivity index (χ0) is 26.3. The van der Waals surface area contributed by atoms with Crippen LogP contribution in [0.15, 0.2) is 24.3 Å². The minimum atomic E-state index is -0.647. The van der Waals surface area contributed by atoms with Crippen LogP contribution in [-0.2, 0) is 19.1 Å². The summed E-state index contributed by atoms with van der Waals surface area (Å²) >= 11 is 6.12. The topological polar surface area (TPSA) is 88.6 Å². The van der Waals surface area contributed by atoms with E-state index in [-0.39, 0.29) is 31.4 Å². The van der Waals surface area contributed by atoms with Crippen LogP contribution in [0.1, 0.15) is 40.0 Å². The number of likely N-dealkylation sites (tertiary alicyclic amines) is 1. The Morgan fingerprint density at radius 2 is 1.83 bits per heavy atom. The van der Waals surface area contributed by atoms with Crippen LogP contribution in [0.5, 0.6) is 5.75 Å². The Kier molecular flexibility index (Phi) is 9.47. The first-order valence-corrected chi connectivity index (χ1v) is 12.8. The van der Waals surface area contributed by atoms with Crippen LogP contribution >= 0.6 is 11.6 Å². The first-order chi connectivity index (χ1) is 17.0. The number of amides is 3. The lowest BCUT2D eigenvalue weighted by molar-refractivity contribution is -0.144. The second-order valence-corrected chi connectivity index (χ2v) is 11.1. The highest BCUT2D eigenvalue weighted by atomic mass is 35.5. The van der Waals surface area contributed by atoms with E-state index < -0.39 is 17.1 Å². The largest absolute Gasteiger partial charge is 0.493 e. The van der Waals surface area contributed by atoms with Crippen LogP contribution in [-0.4, -0.2) is 97.8 Å². The maximum absolute atomic E-state index is 13.2. The molecule has 0 aliphatic carbocycles. The van der Waals surface area contributed by atoms with E-state index in [2.05, 4.69) is 0 Å². The van der Waals surface area contributed by atoms with Gasteiger partial charge in [0.25, 0.3) is 0 Å². The molecule has 9 nitrogen and oxygen atoms in total. The highest BCUT2D eigenvalue weighted by Crippen LogP contribution is 2.36. The number of carbonyl (C=O) groups excluding carboxylic acids is 3. The number of likely N-dealkylation sites (N-methyl/N-ethyl adjacent to an activating group) is 1. The van der Waals surface area contributed by atoms with E-state index in [9.17, 15) is 14.4 Å². The van der Waals surface area contributed by atoms with Crippen molar-refractivity contribution < 1.29 is 28.6 Å². The van der Waals surface area contributed by atoms with Crippen molar-refractivity contribution in [2.24, 2.45) is 5.41 Å². The Hall–Kier alpha value is -2.52. The van der Waals surface area contributed by atoms with Crippen molar-refractivity contribution in [2.45, 2.75) is 45.6 Å². The van der Waals surface area contributed by atoms with E-state index in [0.717, 1.165) is 12.8 Å². The molecule has 0 bridgehead atoms. The minimum absolute atomic E-state index is 0.0353. The first-order valence-electron chi connectivity index (χ1n) is 12.4. The van der Waals surface area contributed by atoms with Crippen LogP contribution < -0.4 is 4.74 Å². The van der Waals surface area contributed by atoms with Gasteiger partial charge in [0.2, 0.25) is 11.8 Å². The predicted molar refractivity (Wildman–Crippen MR) is 136 cm³/mol. The number of ether oxygens (including phenoxy) is 3.